The van der Waals surface area contributed by atoms with E-state index in [0.717, 1.165) is 24.6 Å². The minimum atomic E-state index is 0. The molecule has 0 saturated carbocycles. The third-order valence-electron chi connectivity index (χ3n) is 3.82. The molecule has 0 bridgehead atoms. The Kier molecular flexibility index (Phi) is 8.69. The van der Waals surface area contributed by atoms with Gasteiger partial charge in [-0.25, -0.2) is 4.98 Å². The monoisotopic (exact) mass is 458 g/mol. The summed E-state index contributed by atoms with van der Waals surface area (Å²) in [6, 6.07) is 10.5. The molecule has 2 N–H and O–H groups in total. The van der Waals surface area contributed by atoms with Crippen LogP contribution in [0, 0.1) is 0 Å². The zero-order valence-electron chi connectivity index (χ0n) is 14.8. The van der Waals surface area contributed by atoms with Crippen molar-refractivity contribution in [2.45, 2.75) is 39.2 Å². The normalized spacial score (nSPS) is 11.8. The van der Waals surface area contributed by atoms with Crippen LogP contribution in [0.1, 0.15) is 37.0 Å². The Morgan fingerprint density at radius 2 is 1.92 bits per heavy atom. The van der Waals surface area contributed by atoms with Gasteiger partial charge in [0.15, 0.2) is 5.96 Å². The molecule has 6 heteroatoms. The van der Waals surface area contributed by atoms with E-state index in [9.17, 15) is 0 Å². The van der Waals surface area contributed by atoms with E-state index in [1.807, 2.05) is 6.07 Å². The van der Waals surface area contributed by atoms with Crippen LogP contribution in [0.25, 0.3) is 0 Å². The van der Waals surface area contributed by atoms with Crippen molar-refractivity contribution in [1.82, 2.24) is 15.6 Å². The molecule has 24 heavy (non-hydrogen) atoms. The van der Waals surface area contributed by atoms with Crippen LogP contribution in [-0.4, -0.2) is 24.5 Å². The van der Waals surface area contributed by atoms with Crippen molar-refractivity contribution in [3.63, 3.8) is 0 Å². The molecule has 0 unspecified atom stereocenters. The molecule has 4 nitrogen and oxygen atoms in total. The summed E-state index contributed by atoms with van der Waals surface area (Å²) in [6.45, 7) is 8.10. The summed E-state index contributed by atoms with van der Waals surface area (Å²) in [5.41, 5.74) is 2.42. The van der Waals surface area contributed by atoms with Crippen LogP contribution in [0.5, 0.6) is 0 Å². The number of nitrogens with one attached hydrogen (secondary N) is 2. The number of benzene rings is 1. The van der Waals surface area contributed by atoms with E-state index in [0.29, 0.717) is 6.54 Å². The SMILES string of the molecule is CCc1nc(CNC(=NC)NCC(C)(C)c2ccccc2)cs1.I. The molecule has 0 fully saturated rings. The second-order valence-corrected chi connectivity index (χ2v) is 7.06. The zero-order chi connectivity index (χ0) is 16.7. The van der Waals surface area contributed by atoms with Crippen LogP contribution in [-0.2, 0) is 18.4 Å². The Bertz CT molecular complexity index is 637. The first-order valence-electron chi connectivity index (χ1n) is 7.98. The van der Waals surface area contributed by atoms with Gasteiger partial charge in [0.05, 0.1) is 17.2 Å². The van der Waals surface area contributed by atoms with Crippen LogP contribution < -0.4 is 10.6 Å². The lowest BCUT2D eigenvalue weighted by Gasteiger charge is -2.26. The largest absolute Gasteiger partial charge is 0.356 e. The minimum Gasteiger partial charge on any atom is -0.356 e. The van der Waals surface area contributed by atoms with Crippen LogP contribution >= 0.6 is 35.3 Å². The molecule has 1 aromatic carbocycles. The Morgan fingerprint density at radius 3 is 2.50 bits per heavy atom. The quantitative estimate of drug-likeness (QED) is 0.392. The first-order chi connectivity index (χ1) is 11.0. The Labute approximate surface area is 166 Å². The summed E-state index contributed by atoms with van der Waals surface area (Å²) in [5, 5.41) is 10.0. The summed E-state index contributed by atoms with van der Waals surface area (Å²) < 4.78 is 0. The molecule has 0 atom stereocenters. The third kappa shape index (κ3) is 6.05. The summed E-state index contributed by atoms with van der Waals surface area (Å²) in [6.07, 6.45) is 0.989. The minimum absolute atomic E-state index is 0. The summed E-state index contributed by atoms with van der Waals surface area (Å²) in [4.78, 5) is 8.86. The molecule has 132 valence electrons. The van der Waals surface area contributed by atoms with Crippen molar-refractivity contribution >= 4 is 41.3 Å². The molecular weight excluding hydrogens is 431 g/mol. The fourth-order valence-electron chi connectivity index (χ4n) is 2.28. The number of hydrogen-bond acceptors (Lipinski definition) is 3. The van der Waals surface area contributed by atoms with E-state index in [-0.39, 0.29) is 29.4 Å². The second kappa shape index (κ2) is 9.98. The van der Waals surface area contributed by atoms with Gasteiger partial charge in [0, 0.05) is 24.4 Å². The van der Waals surface area contributed by atoms with Crippen molar-refractivity contribution in [1.29, 1.82) is 0 Å². The van der Waals surface area contributed by atoms with E-state index in [2.05, 4.69) is 71.0 Å². The maximum absolute atomic E-state index is 4.56. The number of thiazole rings is 1. The Morgan fingerprint density at radius 1 is 1.21 bits per heavy atom. The highest BCUT2D eigenvalue weighted by Crippen LogP contribution is 2.21. The Balaban J connectivity index is 0.00000288. The average Bonchev–Trinajstić information content (AvgIpc) is 3.04. The van der Waals surface area contributed by atoms with E-state index < -0.39 is 0 Å². The third-order valence-corrected chi connectivity index (χ3v) is 4.86. The average molecular weight is 458 g/mol. The summed E-state index contributed by atoms with van der Waals surface area (Å²) >= 11 is 1.71. The fraction of sp³-hybridized carbons (Fsp3) is 0.444. The predicted octanol–water partition coefficient (Wildman–Crippen LogP) is 3.97. The number of nitrogens with zero attached hydrogens (tertiary/aromatic N) is 2. The molecular formula is C18H27IN4S. The van der Waals surface area contributed by atoms with Gasteiger partial charge in [-0.3, -0.25) is 4.99 Å². The van der Waals surface area contributed by atoms with Crippen LogP contribution in [0.4, 0.5) is 0 Å². The highest BCUT2D eigenvalue weighted by molar-refractivity contribution is 14.0. The molecule has 1 heterocycles. The topological polar surface area (TPSA) is 49.3 Å². The number of aromatic nitrogens is 1. The van der Waals surface area contributed by atoms with Gasteiger partial charge in [0.25, 0.3) is 0 Å². The number of aryl methyl sites for hydroxylation is 1. The van der Waals surface area contributed by atoms with Gasteiger partial charge in [-0.2, -0.15) is 0 Å². The lowest BCUT2D eigenvalue weighted by molar-refractivity contribution is 0.508. The Hall–Kier alpha value is -1.15. The molecule has 0 amide bonds. The zero-order valence-corrected chi connectivity index (χ0v) is 17.9. The standard InChI is InChI=1S/C18H26N4S.HI/c1-5-16-22-15(12-23-16)11-20-17(19-4)21-13-18(2,3)14-9-7-6-8-10-14;/h6-10,12H,5,11,13H2,1-4H3,(H2,19,20,21);1H. The van der Waals surface area contributed by atoms with Gasteiger partial charge >= 0.3 is 0 Å². The smallest absolute Gasteiger partial charge is 0.191 e. The van der Waals surface area contributed by atoms with E-state index in [1.165, 1.54) is 10.6 Å². The van der Waals surface area contributed by atoms with Crippen molar-refractivity contribution < 1.29 is 0 Å². The maximum atomic E-state index is 4.56. The molecule has 0 saturated heterocycles. The van der Waals surface area contributed by atoms with E-state index in [1.54, 1.807) is 18.4 Å². The first-order valence-corrected chi connectivity index (χ1v) is 8.86. The number of aliphatic imine (C=N–C) groups is 1. The van der Waals surface area contributed by atoms with Gasteiger partial charge in [-0.1, -0.05) is 51.1 Å². The fourth-order valence-corrected chi connectivity index (χ4v) is 3.03. The molecule has 0 aliphatic carbocycles. The molecule has 0 radical (unpaired) electrons. The number of guanidine groups is 1. The maximum Gasteiger partial charge on any atom is 0.191 e. The van der Waals surface area contributed by atoms with Crippen molar-refractivity contribution in [2.24, 2.45) is 4.99 Å². The van der Waals surface area contributed by atoms with Crippen LogP contribution in [0.3, 0.4) is 0 Å². The van der Waals surface area contributed by atoms with Gasteiger partial charge < -0.3 is 10.6 Å². The first kappa shape index (κ1) is 20.9. The number of hydrogen-bond donors (Lipinski definition) is 2. The van der Waals surface area contributed by atoms with Gasteiger partial charge in [0.1, 0.15) is 0 Å². The lowest BCUT2D eigenvalue weighted by atomic mass is 9.85. The van der Waals surface area contributed by atoms with Gasteiger partial charge in [0.2, 0.25) is 0 Å². The van der Waals surface area contributed by atoms with E-state index in [4.69, 9.17) is 0 Å². The van der Waals surface area contributed by atoms with Gasteiger partial charge in [-0.05, 0) is 12.0 Å². The molecule has 0 aliphatic heterocycles. The van der Waals surface area contributed by atoms with Crippen LogP contribution in [0.2, 0.25) is 0 Å². The summed E-state index contributed by atoms with van der Waals surface area (Å²) in [7, 11) is 1.80. The molecule has 2 aromatic rings. The van der Waals surface area contributed by atoms with Crippen LogP contribution in [0.15, 0.2) is 40.7 Å². The molecule has 2 rings (SSSR count). The highest BCUT2D eigenvalue weighted by atomic mass is 127. The molecule has 0 spiro atoms. The van der Waals surface area contributed by atoms with Crippen molar-refractivity contribution in [2.75, 3.05) is 13.6 Å². The lowest BCUT2D eigenvalue weighted by Crippen LogP contribution is -2.43. The molecule has 0 aliphatic rings. The van der Waals surface area contributed by atoms with Gasteiger partial charge in [-0.15, -0.1) is 35.3 Å². The second-order valence-electron chi connectivity index (χ2n) is 6.12. The predicted molar refractivity (Wildman–Crippen MR) is 115 cm³/mol. The number of halogens is 1. The molecule has 1 aromatic heterocycles. The van der Waals surface area contributed by atoms with Crippen molar-refractivity contribution in [3.05, 3.63) is 52.0 Å². The number of rotatable bonds is 6. The van der Waals surface area contributed by atoms with Crippen molar-refractivity contribution in [3.8, 4) is 0 Å². The van der Waals surface area contributed by atoms with E-state index >= 15 is 0 Å². The highest BCUT2D eigenvalue weighted by Gasteiger charge is 2.20. The summed E-state index contributed by atoms with van der Waals surface area (Å²) in [5.74, 6) is 0.806.